The number of nitrogens with zero attached hydrogens (tertiary/aromatic N) is 1. The minimum Gasteiger partial charge on any atom is -0.327 e. The molecule has 0 saturated heterocycles. The van der Waals surface area contributed by atoms with E-state index in [-0.39, 0.29) is 11.3 Å². The number of nitro groups is 1. The van der Waals surface area contributed by atoms with Crippen LogP contribution >= 0.6 is 11.6 Å². The smallest absolute Gasteiger partial charge is 0.319 e. The summed E-state index contributed by atoms with van der Waals surface area (Å²) < 4.78 is 0. The molecule has 1 aliphatic rings. The first-order chi connectivity index (χ1) is 13.3. The number of nitro benzene ring substituents is 1. The number of hydrogen-bond acceptors (Lipinski definition) is 4. The van der Waals surface area contributed by atoms with Crippen LogP contribution in [0.2, 0.25) is 5.02 Å². The van der Waals surface area contributed by atoms with E-state index in [4.69, 9.17) is 11.6 Å². The van der Waals surface area contributed by atoms with Gasteiger partial charge < -0.3 is 16.0 Å². The number of aryl methyl sites for hydroxylation is 1. The van der Waals surface area contributed by atoms with Crippen molar-refractivity contribution in [1.82, 2.24) is 10.6 Å². The first kappa shape index (κ1) is 19.4. The molecule has 0 fully saturated rings. The van der Waals surface area contributed by atoms with Crippen molar-refractivity contribution in [2.24, 2.45) is 0 Å². The van der Waals surface area contributed by atoms with Crippen LogP contribution in [0.15, 0.2) is 53.7 Å². The number of benzene rings is 2. The quantitative estimate of drug-likeness (QED) is 0.534. The lowest BCUT2D eigenvalue weighted by molar-refractivity contribution is -0.384. The molecule has 1 aliphatic heterocycles. The van der Waals surface area contributed by atoms with Gasteiger partial charge in [0.05, 0.1) is 16.5 Å². The van der Waals surface area contributed by atoms with Crippen LogP contribution < -0.4 is 16.0 Å². The zero-order valence-electron chi connectivity index (χ0n) is 15.1. The Balaban J connectivity index is 2.00. The predicted octanol–water partition coefficient (Wildman–Crippen LogP) is 3.82. The molecule has 3 amide bonds. The second kappa shape index (κ2) is 7.69. The summed E-state index contributed by atoms with van der Waals surface area (Å²) in [5.41, 5.74) is 2.25. The number of anilines is 1. The van der Waals surface area contributed by atoms with Gasteiger partial charge in [0.25, 0.3) is 11.6 Å². The standard InChI is InChI=1S/C19H17ClN4O4/c1-10-6-7-13(20)9-15(10)22-18(25)16-11(2)21-19(26)23-17(16)12-4-3-5-14(8-12)24(27)28/h3-9,17H,1-2H3,(H,22,25)(H2,21,23,26)/t17-/m0/s1. The third-order valence-electron chi connectivity index (χ3n) is 4.38. The van der Waals surface area contributed by atoms with E-state index >= 15 is 0 Å². The van der Waals surface area contributed by atoms with Crippen molar-refractivity contribution in [3.63, 3.8) is 0 Å². The van der Waals surface area contributed by atoms with Crippen LogP contribution in [0.4, 0.5) is 16.2 Å². The largest absolute Gasteiger partial charge is 0.327 e. The molecule has 144 valence electrons. The zero-order chi connectivity index (χ0) is 20.4. The van der Waals surface area contributed by atoms with E-state index in [0.29, 0.717) is 22.0 Å². The van der Waals surface area contributed by atoms with Gasteiger partial charge in [0.2, 0.25) is 0 Å². The molecule has 1 heterocycles. The maximum Gasteiger partial charge on any atom is 0.319 e. The monoisotopic (exact) mass is 400 g/mol. The highest BCUT2D eigenvalue weighted by Crippen LogP contribution is 2.30. The number of urea groups is 1. The lowest BCUT2D eigenvalue weighted by Crippen LogP contribution is -2.46. The molecule has 9 heteroatoms. The Morgan fingerprint density at radius 3 is 2.68 bits per heavy atom. The number of carbonyl (C=O) groups is 2. The molecule has 2 aromatic carbocycles. The van der Waals surface area contributed by atoms with Crippen molar-refractivity contribution in [2.45, 2.75) is 19.9 Å². The van der Waals surface area contributed by atoms with Gasteiger partial charge in [-0.3, -0.25) is 14.9 Å². The number of hydrogen-bond donors (Lipinski definition) is 3. The van der Waals surface area contributed by atoms with Crippen LogP contribution in [-0.2, 0) is 4.79 Å². The SMILES string of the molecule is CC1=C(C(=O)Nc2cc(Cl)ccc2C)[C@H](c2cccc([N+](=O)[O-])c2)NC(=O)N1. The molecule has 2 aromatic rings. The molecule has 1 atom stereocenters. The molecular weight excluding hydrogens is 384 g/mol. The van der Waals surface area contributed by atoms with Crippen LogP contribution in [-0.4, -0.2) is 16.9 Å². The van der Waals surface area contributed by atoms with E-state index in [9.17, 15) is 19.7 Å². The van der Waals surface area contributed by atoms with Crippen molar-refractivity contribution < 1.29 is 14.5 Å². The van der Waals surface area contributed by atoms with E-state index in [1.165, 1.54) is 18.2 Å². The number of carbonyl (C=O) groups excluding carboxylic acids is 2. The van der Waals surface area contributed by atoms with Crippen LogP contribution in [0.1, 0.15) is 24.1 Å². The van der Waals surface area contributed by atoms with Gasteiger partial charge in [-0.05, 0) is 37.1 Å². The Hall–Kier alpha value is -3.39. The summed E-state index contributed by atoms with van der Waals surface area (Å²) in [5, 5.41) is 19.6. The van der Waals surface area contributed by atoms with E-state index in [0.717, 1.165) is 5.56 Å². The summed E-state index contributed by atoms with van der Waals surface area (Å²) in [6.07, 6.45) is 0. The average molecular weight is 401 g/mol. The third-order valence-corrected chi connectivity index (χ3v) is 4.61. The number of amides is 3. The predicted molar refractivity (Wildman–Crippen MR) is 105 cm³/mol. The molecule has 0 spiro atoms. The summed E-state index contributed by atoms with van der Waals surface area (Å²) in [7, 11) is 0. The summed E-state index contributed by atoms with van der Waals surface area (Å²) in [5.74, 6) is -0.452. The fourth-order valence-corrected chi connectivity index (χ4v) is 3.15. The highest BCUT2D eigenvalue weighted by atomic mass is 35.5. The van der Waals surface area contributed by atoms with Crippen LogP contribution in [0.3, 0.4) is 0 Å². The van der Waals surface area contributed by atoms with Crippen molar-refractivity contribution in [2.75, 3.05) is 5.32 Å². The van der Waals surface area contributed by atoms with Gasteiger partial charge in [0.15, 0.2) is 0 Å². The molecule has 8 nitrogen and oxygen atoms in total. The maximum absolute atomic E-state index is 13.0. The van der Waals surface area contributed by atoms with Gasteiger partial charge in [-0.2, -0.15) is 0 Å². The number of non-ortho nitro benzene ring substituents is 1. The number of nitrogens with one attached hydrogen (secondary N) is 3. The first-order valence-corrected chi connectivity index (χ1v) is 8.74. The number of allylic oxidation sites excluding steroid dienone is 1. The van der Waals surface area contributed by atoms with Crippen LogP contribution in [0.5, 0.6) is 0 Å². The van der Waals surface area contributed by atoms with E-state index in [1.807, 2.05) is 6.92 Å². The topological polar surface area (TPSA) is 113 Å². The molecule has 0 radical (unpaired) electrons. The molecule has 3 rings (SSSR count). The normalized spacial score (nSPS) is 16.2. The first-order valence-electron chi connectivity index (χ1n) is 8.36. The molecular formula is C19H17ClN4O4. The summed E-state index contributed by atoms with van der Waals surface area (Å²) in [6, 6.07) is 9.59. The molecule has 0 aliphatic carbocycles. The van der Waals surface area contributed by atoms with Crippen molar-refractivity contribution in [3.8, 4) is 0 Å². The fourth-order valence-electron chi connectivity index (χ4n) is 2.98. The van der Waals surface area contributed by atoms with Crippen LogP contribution in [0, 0.1) is 17.0 Å². The molecule has 0 unspecified atom stereocenters. The van der Waals surface area contributed by atoms with Crippen molar-refractivity contribution in [1.29, 1.82) is 0 Å². The third kappa shape index (κ3) is 3.96. The Labute approximate surface area is 165 Å². The summed E-state index contributed by atoms with van der Waals surface area (Å²) >= 11 is 6.01. The maximum atomic E-state index is 13.0. The Bertz CT molecular complexity index is 1020. The van der Waals surface area contributed by atoms with E-state index in [2.05, 4.69) is 16.0 Å². The minimum atomic E-state index is -0.840. The zero-order valence-corrected chi connectivity index (χ0v) is 15.8. The van der Waals surface area contributed by atoms with Crippen LogP contribution in [0.25, 0.3) is 0 Å². The second-order valence-electron chi connectivity index (χ2n) is 6.34. The van der Waals surface area contributed by atoms with Crippen molar-refractivity contribution >= 4 is 34.9 Å². The number of rotatable bonds is 4. The molecule has 28 heavy (non-hydrogen) atoms. The lowest BCUT2D eigenvalue weighted by atomic mass is 9.94. The number of halogens is 1. The van der Waals surface area contributed by atoms with E-state index in [1.54, 1.807) is 31.2 Å². The fraction of sp³-hybridized carbons (Fsp3) is 0.158. The Kier molecular flexibility index (Phi) is 5.32. The van der Waals surface area contributed by atoms with Crippen molar-refractivity contribution in [3.05, 3.63) is 80.0 Å². The summed E-state index contributed by atoms with van der Waals surface area (Å²) in [4.78, 5) is 35.5. The minimum absolute atomic E-state index is 0.131. The second-order valence-corrected chi connectivity index (χ2v) is 6.77. The van der Waals surface area contributed by atoms with E-state index < -0.39 is 22.9 Å². The Morgan fingerprint density at radius 1 is 1.21 bits per heavy atom. The molecule has 0 aromatic heterocycles. The highest BCUT2D eigenvalue weighted by Gasteiger charge is 2.32. The average Bonchev–Trinajstić information content (AvgIpc) is 2.64. The van der Waals surface area contributed by atoms with Gasteiger partial charge in [0.1, 0.15) is 0 Å². The molecule has 0 bridgehead atoms. The highest BCUT2D eigenvalue weighted by molar-refractivity contribution is 6.31. The van der Waals surface area contributed by atoms with Gasteiger partial charge in [-0.1, -0.05) is 29.8 Å². The lowest BCUT2D eigenvalue weighted by Gasteiger charge is -2.28. The van der Waals surface area contributed by atoms with Gasteiger partial charge >= 0.3 is 6.03 Å². The molecule has 0 saturated carbocycles. The Morgan fingerprint density at radius 2 is 1.96 bits per heavy atom. The van der Waals surface area contributed by atoms with Gasteiger partial charge in [-0.15, -0.1) is 0 Å². The van der Waals surface area contributed by atoms with Gasteiger partial charge in [-0.25, -0.2) is 4.79 Å². The van der Waals surface area contributed by atoms with Gasteiger partial charge in [0, 0.05) is 28.5 Å². The summed E-state index contributed by atoms with van der Waals surface area (Å²) in [6.45, 7) is 3.43. The molecule has 3 N–H and O–H groups in total.